The zero-order valence-corrected chi connectivity index (χ0v) is 10.4. The van der Waals surface area contributed by atoms with Gasteiger partial charge in [0.05, 0.1) is 6.61 Å². The number of benzene rings is 1. The van der Waals surface area contributed by atoms with Crippen LogP contribution in [-0.2, 0) is 9.59 Å². The van der Waals surface area contributed by atoms with Crippen LogP contribution in [0.25, 0.3) is 0 Å². The fourth-order valence-corrected chi connectivity index (χ4v) is 1.36. The van der Waals surface area contributed by atoms with Crippen molar-refractivity contribution in [2.45, 2.75) is 12.5 Å². The molecule has 8 nitrogen and oxygen atoms in total. The molecule has 0 aliphatic heterocycles. The van der Waals surface area contributed by atoms with Crippen molar-refractivity contribution >= 4 is 17.7 Å². The highest BCUT2D eigenvalue weighted by Gasteiger charge is 2.13. The van der Waals surface area contributed by atoms with Gasteiger partial charge < -0.3 is 25.9 Å². The standard InChI is InChI=1S/C12H14N2O6/c13-9(11(15)16)5-6-20-8-3-1-7(2-4-8)10(14-19)12(17)18/h1-4,9,19H,5-6,13H2,(H,15,16)(H,17,18)/b14-10-. The van der Waals surface area contributed by atoms with Crippen LogP contribution in [0.15, 0.2) is 29.4 Å². The molecule has 8 heteroatoms. The van der Waals surface area contributed by atoms with Gasteiger partial charge >= 0.3 is 11.9 Å². The van der Waals surface area contributed by atoms with Gasteiger partial charge in [-0.15, -0.1) is 0 Å². The second-order valence-corrected chi connectivity index (χ2v) is 3.86. The van der Waals surface area contributed by atoms with Crippen LogP contribution in [0, 0.1) is 0 Å². The third-order valence-electron chi connectivity index (χ3n) is 2.45. The monoisotopic (exact) mass is 282 g/mol. The Bertz CT molecular complexity index is 511. The van der Waals surface area contributed by atoms with Crippen molar-refractivity contribution in [2.75, 3.05) is 6.61 Å². The third-order valence-corrected chi connectivity index (χ3v) is 2.45. The highest BCUT2D eigenvalue weighted by molar-refractivity contribution is 6.42. The first-order valence-corrected chi connectivity index (χ1v) is 5.62. The molecule has 0 fully saturated rings. The number of hydrogen-bond donors (Lipinski definition) is 4. The van der Waals surface area contributed by atoms with Crippen molar-refractivity contribution in [1.29, 1.82) is 0 Å². The Labute approximate surface area is 114 Å². The number of carboxylic acid groups (broad SMARTS) is 2. The molecule has 5 N–H and O–H groups in total. The Hall–Kier alpha value is -2.61. The molecule has 0 spiro atoms. The number of rotatable bonds is 7. The topological polar surface area (TPSA) is 142 Å². The fourth-order valence-electron chi connectivity index (χ4n) is 1.36. The van der Waals surface area contributed by atoms with Crippen LogP contribution < -0.4 is 10.5 Å². The molecule has 108 valence electrons. The highest BCUT2D eigenvalue weighted by atomic mass is 16.5. The molecule has 0 bridgehead atoms. The summed E-state index contributed by atoms with van der Waals surface area (Å²) in [4.78, 5) is 21.2. The maximum atomic E-state index is 10.7. The molecule has 0 amide bonds. The molecule has 1 rings (SSSR count). The minimum absolute atomic E-state index is 0.118. The van der Waals surface area contributed by atoms with Crippen molar-refractivity contribution in [3.63, 3.8) is 0 Å². The minimum Gasteiger partial charge on any atom is -0.494 e. The molecular weight excluding hydrogens is 268 g/mol. The second-order valence-electron chi connectivity index (χ2n) is 3.86. The molecule has 1 aromatic rings. The fraction of sp³-hybridized carbons (Fsp3) is 0.250. The molecule has 0 saturated carbocycles. The zero-order chi connectivity index (χ0) is 15.1. The van der Waals surface area contributed by atoms with Crippen molar-refractivity contribution in [2.24, 2.45) is 10.9 Å². The van der Waals surface area contributed by atoms with E-state index >= 15 is 0 Å². The van der Waals surface area contributed by atoms with E-state index in [9.17, 15) is 9.59 Å². The molecule has 1 atom stereocenters. The molecule has 0 aromatic heterocycles. The molecule has 0 aliphatic carbocycles. The predicted molar refractivity (Wildman–Crippen MR) is 68.1 cm³/mol. The van der Waals surface area contributed by atoms with E-state index in [1.165, 1.54) is 24.3 Å². The van der Waals surface area contributed by atoms with Gasteiger partial charge in [-0.2, -0.15) is 0 Å². The van der Waals surface area contributed by atoms with E-state index in [-0.39, 0.29) is 18.6 Å². The van der Waals surface area contributed by atoms with Crippen LogP contribution in [0.1, 0.15) is 12.0 Å². The molecule has 20 heavy (non-hydrogen) atoms. The summed E-state index contributed by atoms with van der Waals surface area (Å²) < 4.78 is 5.26. The van der Waals surface area contributed by atoms with Crippen molar-refractivity contribution in [3.8, 4) is 5.75 Å². The predicted octanol–water partition coefficient (Wildman–Crippen LogP) is 0.130. The van der Waals surface area contributed by atoms with Gasteiger partial charge in [-0.25, -0.2) is 4.79 Å². The summed E-state index contributed by atoms with van der Waals surface area (Å²) in [6, 6.07) is 4.80. The van der Waals surface area contributed by atoms with Gasteiger partial charge in [0, 0.05) is 12.0 Å². The Morgan fingerprint density at radius 2 is 1.85 bits per heavy atom. The first-order chi connectivity index (χ1) is 9.45. The molecule has 0 saturated heterocycles. The average Bonchev–Trinajstić information content (AvgIpc) is 2.40. The normalized spacial score (nSPS) is 12.8. The van der Waals surface area contributed by atoms with Crippen LogP contribution in [0.2, 0.25) is 0 Å². The van der Waals surface area contributed by atoms with Crippen LogP contribution in [0.3, 0.4) is 0 Å². The summed E-state index contributed by atoms with van der Waals surface area (Å²) in [6.07, 6.45) is 0.148. The number of carboxylic acids is 2. The van der Waals surface area contributed by atoms with E-state index < -0.39 is 23.7 Å². The first kappa shape index (κ1) is 15.4. The van der Waals surface area contributed by atoms with Crippen LogP contribution in [0.5, 0.6) is 5.75 Å². The largest absolute Gasteiger partial charge is 0.494 e. The van der Waals surface area contributed by atoms with E-state index in [1.807, 2.05) is 0 Å². The first-order valence-electron chi connectivity index (χ1n) is 5.62. The molecule has 0 aliphatic rings. The lowest BCUT2D eigenvalue weighted by molar-refractivity contribution is -0.138. The summed E-state index contributed by atoms with van der Waals surface area (Å²) in [5.74, 6) is -2.03. The molecular formula is C12H14N2O6. The Morgan fingerprint density at radius 3 is 2.30 bits per heavy atom. The molecule has 0 radical (unpaired) electrons. The number of ether oxygens (including phenoxy) is 1. The Balaban J connectivity index is 2.59. The number of carbonyl (C=O) groups is 2. The Morgan fingerprint density at radius 1 is 1.25 bits per heavy atom. The number of nitrogens with zero attached hydrogens (tertiary/aromatic N) is 1. The Kier molecular flexibility index (Phi) is 5.48. The van der Waals surface area contributed by atoms with E-state index in [1.54, 1.807) is 0 Å². The van der Waals surface area contributed by atoms with Crippen LogP contribution in [0.4, 0.5) is 0 Å². The van der Waals surface area contributed by atoms with Crippen molar-refractivity contribution in [3.05, 3.63) is 29.8 Å². The van der Waals surface area contributed by atoms with E-state index in [0.29, 0.717) is 5.75 Å². The van der Waals surface area contributed by atoms with Gasteiger partial charge in [0.1, 0.15) is 11.8 Å². The smallest absolute Gasteiger partial charge is 0.358 e. The van der Waals surface area contributed by atoms with Crippen molar-refractivity contribution < 1.29 is 29.7 Å². The van der Waals surface area contributed by atoms with E-state index in [0.717, 1.165) is 0 Å². The lowest BCUT2D eigenvalue weighted by atomic mass is 10.1. The summed E-state index contributed by atoms with van der Waals surface area (Å²) in [7, 11) is 0. The quantitative estimate of drug-likeness (QED) is 0.316. The maximum absolute atomic E-state index is 10.7. The third kappa shape index (κ3) is 4.25. The van der Waals surface area contributed by atoms with Gasteiger partial charge in [-0.3, -0.25) is 4.79 Å². The number of nitrogens with two attached hydrogens (primary N) is 1. The van der Waals surface area contributed by atoms with E-state index in [2.05, 4.69) is 5.16 Å². The number of oxime groups is 1. The zero-order valence-electron chi connectivity index (χ0n) is 10.4. The molecule has 1 unspecified atom stereocenters. The van der Waals surface area contributed by atoms with Crippen molar-refractivity contribution in [1.82, 2.24) is 0 Å². The van der Waals surface area contributed by atoms with Gasteiger partial charge in [0.2, 0.25) is 0 Å². The molecule has 1 aromatic carbocycles. The maximum Gasteiger partial charge on any atom is 0.358 e. The van der Waals surface area contributed by atoms with Gasteiger partial charge in [-0.1, -0.05) is 5.16 Å². The number of hydrogen-bond acceptors (Lipinski definition) is 6. The second kappa shape index (κ2) is 7.10. The van der Waals surface area contributed by atoms with Gasteiger partial charge in [0.15, 0.2) is 5.71 Å². The minimum atomic E-state index is -1.35. The number of aliphatic carboxylic acids is 2. The lowest BCUT2D eigenvalue weighted by Crippen LogP contribution is -2.31. The molecule has 0 heterocycles. The highest BCUT2D eigenvalue weighted by Crippen LogP contribution is 2.13. The summed E-state index contributed by atoms with van der Waals surface area (Å²) in [5.41, 5.74) is 5.04. The average molecular weight is 282 g/mol. The summed E-state index contributed by atoms with van der Waals surface area (Å²) >= 11 is 0. The summed E-state index contributed by atoms with van der Waals surface area (Å²) in [6.45, 7) is 0.118. The summed E-state index contributed by atoms with van der Waals surface area (Å²) in [5, 5.41) is 28.6. The SMILES string of the molecule is NC(CCOc1ccc(/C(=N/O)C(=O)O)cc1)C(=O)O. The van der Waals surface area contributed by atoms with E-state index in [4.69, 9.17) is 25.9 Å². The van der Waals surface area contributed by atoms with Crippen LogP contribution >= 0.6 is 0 Å². The van der Waals surface area contributed by atoms with Crippen LogP contribution in [-0.4, -0.2) is 45.7 Å². The van der Waals surface area contributed by atoms with Gasteiger partial charge in [0.25, 0.3) is 0 Å². The van der Waals surface area contributed by atoms with Gasteiger partial charge in [-0.05, 0) is 24.3 Å². The lowest BCUT2D eigenvalue weighted by Gasteiger charge is -2.09.